The van der Waals surface area contributed by atoms with Gasteiger partial charge in [-0.15, -0.1) is 0 Å². The van der Waals surface area contributed by atoms with Crippen molar-refractivity contribution in [3.63, 3.8) is 0 Å². The number of anilines is 1. The number of rotatable bonds is 10. The minimum Gasteiger partial charge on any atom is -0.383 e. The van der Waals surface area contributed by atoms with Gasteiger partial charge in [0.1, 0.15) is 12.0 Å². The summed E-state index contributed by atoms with van der Waals surface area (Å²) in [4.78, 5) is 43.7. The normalized spacial score (nSPS) is 25.2. The van der Waals surface area contributed by atoms with E-state index in [4.69, 9.17) is 15.4 Å². The lowest BCUT2D eigenvalue weighted by molar-refractivity contribution is -0.0242. The van der Waals surface area contributed by atoms with Crippen LogP contribution in [0.25, 0.3) is 6.08 Å². The third kappa shape index (κ3) is 8.36. The molecule has 176 valence electrons. The third-order valence-corrected chi connectivity index (χ3v) is 7.99. The Morgan fingerprint density at radius 2 is 1.94 bits per heavy atom. The highest BCUT2D eigenvalue weighted by atomic mass is 31.3. The quantitative estimate of drug-likeness (QED) is 0.337. The Morgan fingerprint density at radius 1 is 1.26 bits per heavy atom. The highest BCUT2D eigenvalue weighted by Gasteiger charge is 2.40. The maximum absolute atomic E-state index is 12.2. The predicted molar refractivity (Wildman–Crippen MR) is 109 cm³/mol. The first-order valence-corrected chi connectivity index (χ1v) is 14.0. The molecule has 31 heavy (non-hydrogen) atoms. The van der Waals surface area contributed by atoms with Crippen molar-refractivity contribution in [2.75, 3.05) is 19.0 Å². The topological polar surface area (TPSA) is 210 Å². The summed E-state index contributed by atoms with van der Waals surface area (Å²) in [5.41, 5.74) is 5.63. The van der Waals surface area contributed by atoms with Crippen molar-refractivity contribution >= 4 is 35.1 Å². The van der Waals surface area contributed by atoms with E-state index in [1.165, 1.54) is 10.8 Å². The van der Waals surface area contributed by atoms with E-state index in [0.717, 1.165) is 6.42 Å². The largest absolute Gasteiger partial charge is 0.488 e. The lowest BCUT2D eigenvalue weighted by atomic mass is 10.2. The summed E-state index contributed by atoms with van der Waals surface area (Å²) in [6.07, 6.45) is 4.95. The minimum absolute atomic E-state index is 0.0670. The lowest BCUT2D eigenvalue weighted by Gasteiger charge is -2.19. The minimum atomic E-state index is -5.35. The molecule has 5 atom stereocenters. The summed E-state index contributed by atoms with van der Waals surface area (Å²) in [5.74, 6) is 0.0670. The van der Waals surface area contributed by atoms with Gasteiger partial charge in [0.15, 0.2) is 0 Å². The molecule has 1 saturated heterocycles. The number of aromatic nitrogens is 2. The Hall–Kier alpha value is -1.17. The summed E-state index contributed by atoms with van der Waals surface area (Å²) in [6.45, 7) is 1.98. The first kappa shape index (κ1) is 26.1. The summed E-state index contributed by atoms with van der Waals surface area (Å²) in [7, 11) is -15.0. The third-order valence-electron chi connectivity index (χ3n) is 3.82. The number of hydrogen-bond acceptors (Lipinski definition) is 10. The van der Waals surface area contributed by atoms with Crippen LogP contribution in [0.5, 0.6) is 0 Å². The number of nitrogen functional groups attached to an aromatic ring is 1. The smallest absolute Gasteiger partial charge is 0.383 e. The van der Waals surface area contributed by atoms with Gasteiger partial charge in [0.05, 0.1) is 12.7 Å². The van der Waals surface area contributed by atoms with Crippen LogP contribution in [0.3, 0.4) is 0 Å². The van der Waals surface area contributed by atoms with Gasteiger partial charge in [-0.1, -0.05) is 19.1 Å². The first-order chi connectivity index (χ1) is 14.2. The molecule has 0 radical (unpaired) electrons. The number of phosphoric acid groups is 2. The van der Waals surface area contributed by atoms with Crippen LogP contribution < -0.4 is 11.4 Å². The molecule has 1 aliphatic rings. The van der Waals surface area contributed by atoms with Gasteiger partial charge in [-0.25, -0.2) is 18.2 Å². The molecule has 3 unspecified atom stereocenters. The van der Waals surface area contributed by atoms with Crippen LogP contribution in [0.15, 0.2) is 17.1 Å². The number of allylic oxidation sites excluding steroid dienone is 1. The van der Waals surface area contributed by atoms with E-state index in [-0.39, 0.29) is 5.82 Å². The molecule has 0 spiro atoms. The van der Waals surface area contributed by atoms with Crippen molar-refractivity contribution in [2.45, 2.75) is 38.5 Å². The Balaban J connectivity index is 2.00. The van der Waals surface area contributed by atoms with E-state index < -0.39 is 47.9 Å². The molecule has 1 aliphatic heterocycles. The van der Waals surface area contributed by atoms with E-state index in [1.54, 1.807) is 6.08 Å². The van der Waals surface area contributed by atoms with E-state index in [9.17, 15) is 28.3 Å². The van der Waals surface area contributed by atoms with Gasteiger partial charge in [0.25, 0.3) is 0 Å². The average Bonchev–Trinajstić information content (AvgIpc) is 3.05. The molecule has 2 rings (SSSR count). The van der Waals surface area contributed by atoms with Gasteiger partial charge in [-0.05, 0) is 19.3 Å². The lowest BCUT2D eigenvalue weighted by Crippen LogP contribution is -2.28. The molecule has 0 amide bonds. The molecule has 17 heteroatoms. The second-order valence-corrected chi connectivity index (χ2v) is 11.6. The van der Waals surface area contributed by atoms with Gasteiger partial charge in [-0.3, -0.25) is 13.7 Å². The van der Waals surface area contributed by atoms with Crippen LogP contribution in [0.1, 0.15) is 38.0 Å². The fourth-order valence-corrected chi connectivity index (χ4v) is 6.13. The van der Waals surface area contributed by atoms with Crippen molar-refractivity contribution in [2.24, 2.45) is 0 Å². The summed E-state index contributed by atoms with van der Waals surface area (Å²) in [5, 5.41) is 0. The van der Waals surface area contributed by atoms with E-state index in [1.807, 2.05) is 13.0 Å². The molecule has 0 bridgehead atoms. The fourth-order valence-electron chi connectivity index (χ4n) is 2.63. The van der Waals surface area contributed by atoms with Crippen LogP contribution in [-0.4, -0.2) is 43.6 Å². The first-order valence-electron chi connectivity index (χ1n) is 8.95. The highest BCUT2D eigenvalue weighted by molar-refractivity contribution is 7.68. The van der Waals surface area contributed by atoms with Gasteiger partial charge >= 0.3 is 28.9 Å². The number of nitrogens with zero attached hydrogens (tertiary/aromatic N) is 2. The Labute approximate surface area is 177 Å². The summed E-state index contributed by atoms with van der Waals surface area (Å²) in [6, 6.07) is 0. The summed E-state index contributed by atoms with van der Waals surface area (Å²) >= 11 is 0. The second-order valence-electron chi connectivity index (χ2n) is 6.57. The molecule has 1 aromatic heterocycles. The second kappa shape index (κ2) is 10.2. The van der Waals surface area contributed by atoms with Crippen molar-refractivity contribution < 1.29 is 46.3 Å². The van der Waals surface area contributed by atoms with E-state index >= 15 is 0 Å². The maximum Gasteiger partial charge on any atom is 0.488 e. The molecule has 0 saturated carbocycles. The highest BCUT2D eigenvalue weighted by Crippen LogP contribution is 2.66. The molecular formula is C14H24N3O11P3. The van der Waals surface area contributed by atoms with E-state index in [0.29, 0.717) is 25.1 Å². The van der Waals surface area contributed by atoms with Gasteiger partial charge < -0.3 is 25.2 Å². The number of phosphoric ester groups is 1. The standard InChI is InChI=1S/C14H24N3O11P3/c1-3-4-5-10-8-17(14(18)16-13(10)15)12-7-6-11(26-12)9-25-30(21,22)28-31(23,24)27-29(2,19)20/h4-5,8,11-12H,3,6-7,9H2,1-2H3,(H,19,20)(H,21,22)(H,23,24)(H2,15,16,18)/b5-4+/t11-,12+/m0/s1. The fraction of sp³-hybridized carbons (Fsp3) is 0.571. The molecule has 14 nitrogen and oxygen atoms in total. The molecule has 2 heterocycles. The monoisotopic (exact) mass is 503 g/mol. The van der Waals surface area contributed by atoms with Crippen molar-refractivity contribution in [3.8, 4) is 0 Å². The van der Waals surface area contributed by atoms with Crippen LogP contribution in [0.4, 0.5) is 5.82 Å². The van der Waals surface area contributed by atoms with Gasteiger partial charge in [0, 0.05) is 18.4 Å². The van der Waals surface area contributed by atoms with Crippen molar-refractivity contribution in [3.05, 3.63) is 28.3 Å². The number of nitrogens with two attached hydrogens (primary N) is 1. The number of ether oxygens (including phenoxy) is 1. The molecule has 0 aliphatic carbocycles. The SMILES string of the molecule is CC/C=C/c1cn([C@H]2CC[C@@H](COP(=O)(O)OP(=O)(O)OP(C)(=O)O)O2)c(=O)nc1N. The Morgan fingerprint density at radius 3 is 2.55 bits per heavy atom. The molecule has 5 N–H and O–H groups in total. The zero-order valence-electron chi connectivity index (χ0n) is 16.6. The van der Waals surface area contributed by atoms with E-state index in [2.05, 4.69) is 18.1 Å². The molecule has 1 aromatic rings. The maximum atomic E-state index is 12.2. The Kier molecular flexibility index (Phi) is 8.57. The predicted octanol–water partition coefficient (Wildman–Crippen LogP) is 1.99. The van der Waals surface area contributed by atoms with Crippen molar-refractivity contribution in [1.29, 1.82) is 0 Å². The van der Waals surface area contributed by atoms with Crippen LogP contribution >= 0.6 is 23.2 Å². The Bertz CT molecular complexity index is 1020. The van der Waals surface area contributed by atoms with Gasteiger partial charge in [-0.2, -0.15) is 9.29 Å². The number of hydrogen-bond donors (Lipinski definition) is 4. The molecule has 0 aromatic carbocycles. The average molecular weight is 503 g/mol. The van der Waals surface area contributed by atoms with Crippen LogP contribution in [0.2, 0.25) is 0 Å². The molecular weight excluding hydrogens is 479 g/mol. The van der Waals surface area contributed by atoms with Crippen LogP contribution in [0, 0.1) is 0 Å². The van der Waals surface area contributed by atoms with Crippen molar-refractivity contribution in [1.82, 2.24) is 9.55 Å². The zero-order valence-corrected chi connectivity index (χ0v) is 19.3. The van der Waals surface area contributed by atoms with Crippen LogP contribution in [-0.2, 0) is 31.6 Å². The summed E-state index contributed by atoms with van der Waals surface area (Å²) < 4.78 is 53.7. The molecule has 1 fully saturated rings. The van der Waals surface area contributed by atoms with Gasteiger partial charge in [0.2, 0.25) is 0 Å². The zero-order chi connectivity index (χ0) is 23.4.